The first-order chi connectivity index (χ1) is 19.5. The topological polar surface area (TPSA) is 208 Å². The lowest BCUT2D eigenvalue weighted by atomic mass is 9.94. The molecule has 0 saturated carbocycles. The van der Waals surface area contributed by atoms with Crippen molar-refractivity contribution >= 4 is 53.0 Å². The number of amides is 8. The van der Waals surface area contributed by atoms with Crippen LogP contribution in [-0.4, -0.2) is 102 Å². The molecule has 0 saturated heterocycles. The second-order valence-corrected chi connectivity index (χ2v) is 9.15. The number of nitrogens with zero attached hydrogens (tertiary/aromatic N) is 2. The summed E-state index contributed by atoms with van der Waals surface area (Å²) in [5, 5.41) is 10.3. The van der Waals surface area contributed by atoms with Crippen LogP contribution in [0.4, 0.5) is 0 Å². The van der Waals surface area contributed by atoms with E-state index < -0.39 is 53.2 Å². The van der Waals surface area contributed by atoms with Crippen molar-refractivity contribution in [1.82, 2.24) is 31.1 Å². The summed E-state index contributed by atoms with van der Waals surface area (Å²) in [4.78, 5) is 109. The molecule has 0 unspecified atom stereocenters. The first-order valence-corrected chi connectivity index (χ1v) is 13.2. The Bertz CT molecular complexity index is 1030. The number of nitrogens with one attached hydrogen (secondary N) is 4. The van der Waals surface area contributed by atoms with Gasteiger partial charge in [-0.15, -0.1) is 0 Å². The normalized spacial score (nSPS) is 14.2. The van der Waals surface area contributed by atoms with Gasteiger partial charge < -0.3 is 21.3 Å². The van der Waals surface area contributed by atoms with Gasteiger partial charge in [-0.1, -0.05) is 6.92 Å². The van der Waals surface area contributed by atoms with Gasteiger partial charge in [0.25, 0.3) is 23.6 Å². The number of ketones is 1. The Labute approximate surface area is 236 Å². The molecule has 0 bridgehead atoms. The summed E-state index contributed by atoms with van der Waals surface area (Å²) < 4.78 is 0. The first kappa shape index (κ1) is 32.5. The molecule has 0 aromatic heterocycles. The van der Waals surface area contributed by atoms with Crippen molar-refractivity contribution in [2.45, 2.75) is 39.0 Å². The summed E-state index contributed by atoms with van der Waals surface area (Å²) in [6.45, 7) is 1.83. The third-order valence-corrected chi connectivity index (χ3v) is 6.13. The molecule has 0 fully saturated rings. The molecule has 2 aliphatic rings. The predicted molar refractivity (Wildman–Crippen MR) is 141 cm³/mol. The fourth-order valence-electron chi connectivity index (χ4n) is 3.89. The molecule has 15 nitrogen and oxygen atoms in total. The van der Waals surface area contributed by atoms with Crippen molar-refractivity contribution < 1.29 is 43.2 Å². The Kier molecular flexibility index (Phi) is 13.0. The molecule has 41 heavy (non-hydrogen) atoms. The summed E-state index contributed by atoms with van der Waals surface area (Å²) in [6, 6.07) is 0. The molecule has 0 aromatic carbocycles. The lowest BCUT2D eigenvalue weighted by Crippen LogP contribution is -2.39. The van der Waals surface area contributed by atoms with Crippen LogP contribution in [0.3, 0.4) is 0 Å². The minimum absolute atomic E-state index is 0.0565. The van der Waals surface area contributed by atoms with Crippen LogP contribution in [0.1, 0.15) is 39.0 Å². The van der Waals surface area contributed by atoms with E-state index in [-0.39, 0.29) is 77.2 Å². The molecule has 8 amide bonds. The van der Waals surface area contributed by atoms with Gasteiger partial charge in [-0.3, -0.25) is 53.0 Å². The highest BCUT2D eigenvalue weighted by atomic mass is 16.2. The Balaban J connectivity index is 1.60. The zero-order valence-corrected chi connectivity index (χ0v) is 22.7. The van der Waals surface area contributed by atoms with Crippen molar-refractivity contribution in [2.24, 2.45) is 5.92 Å². The maximum absolute atomic E-state index is 12.3. The van der Waals surface area contributed by atoms with E-state index in [0.29, 0.717) is 0 Å². The van der Waals surface area contributed by atoms with Crippen LogP contribution >= 0.6 is 0 Å². The van der Waals surface area contributed by atoms with E-state index in [1.807, 2.05) is 0 Å². The molecule has 0 aromatic rings. The van der Waals surface area contributed by atoms with Crippen LogP contribution < -0.4 is 21.3 Å². The van der Waals surface area contributed by atoms with Gasteiger partial charge in [0.05, 0.1) is 0 Å². The van der Waals surface area contributed by atoms with Gasteiger partial charge >= 0.3 is 0 Å². The lowest BCUT2D eigenvalue weighted by molar-refractivity contribution is -0.139. The predicted octanol–water partition coefficient (Wildman–Crippen LogP) is -2.54. The van der Waals surface area contributed by atoms with E-state index >= 15 is 0 Å². The van der Waals surface area contributed by atoms with E-state index in [1.54, 1.807) is 6.92 Å². The number of imide groups is 2. The summed E-state index contributed by atoms with van der Waals surface area (Å²) >= 11 is 0. The van der Waals surface area contributed by atoms with Gasteiger partial charge in [0.15, 0.2) is 0 Å². The van der Waals surface area contributed by atoms with Crippen molar-refractivity contribution in [1.29, 1.82) is 0 Å². The minimum atomic E-state index is -0.850. The maximum Gasteiger partial charge on any atom is 0.253 e. The van der Waals surface area contributed by atoms with Gasteiger partial charge in [-0.25, -0.2) is 0 Å². The number of hydrogen-bond donors (Lipinski definition) is 4. The molecule has 222 valence electrons. The summed E-state index contributed by atoms with van der Waals surface area (Å²) in [6.07, 6.45) is 4.03. The highest BCUT2D eigenvalue weighted by Gasteiger charge is 2.25. The third kappa shape index (κ3) is 11.1. The van der Waals surface area contributed by atoms with Crippen LogP contribution in [0.2, 0.25) is 0 Å². The van der Waals surface area contributed by atoms with Gasteiger partial charge in [-0.2, -0.15) is 0 Å². The molecule has 4 N–H and O–H groups in total. The minimum Gasteiger partial charge on any atom is -0.354 e. The molecule has 2 rings (SSSR count). The number of hydrogen-bond acceptors (Lipinski definition) is 9. The fourth-order valence-corrected chi connectivity index (χ4v) is 3.89. The second-order valence-electron chi connectivity index (χ2n) is 9.15. The highest BCUT2D eigenvalue weighted by molar-refractivity contribution is 6.13. The number of carbonyl (C=O) groups excluding carboxylic acids is 9. The SMILES string of the molecule is CCC(=O)C(CC(=O)NCCNC(=O)CCN1C(=O)C=CC1=O)CC(=O)NCCNC(=O)CCN1C(=O)C=CC1=O. The average Bonchev–Trinajstić information content (AvgIpc) is 3.44. The largest absolute Gasteiger partial charge is 0.354 e. The molecule has 15 heteroatoms. The Hall–Kier alpha value is -4.69. The van der Waals surface area contributed by atoms with E-state index in [2.05, 4.69) is 21.3 Å². The van der Waals surface area contributed by atoms with Crippen molar-refractivity contribution in [3.63, 3.8) is 0 Å². The number of carbonyl (C=O) groups is 9. The molecule has 0 atom stereocenters. The first-order valence-electron chi connectivity index (χ1n) is 13.2. The van der Waals surface area contributed by atoms with E-state index in [4.69, 9.17) is 0 Å². The molecular weight excluding hydrogens is 540 g/mol. The lowest BCUT2D eigenvalue weighted by Gasteiger charge is -2.16. The molecule has 0 spiro atoms. The Morgan fingerprint density at radius 2 is 0.902 bits per heavy atom. The summed E-state index contributed by atoms with van der Waals surface area (Å²) in [5.41, 5.74) is 0. The van der Waals surface area contributed by atoms with Crippen molar-refractivity contribution in [3.05, 3.63) is 24.3 Å². The van der Waals surface area contributed by atoms with Gasteiger partial charge in [0.2, 0.25) is 23.6 Å². The van der Waals surface area contributed by atoms with E-state index in [0.717, 1.165) is 34.1 Å². The molecule has 2 heterocycles. The molecule has 0 aliphatic carbocycles. The van der Waals surface area contributed by atoms with Crippen LogP contribution in [0.15, 0.2) is 24.3 Å². The van der Waals surface area contributed by atoms with Crippen LogP contribution in [-0.2, 0) is 43.2 Å². The quantitative estimate of drug-likeness (QED) is 0.100. The number of Topliss-reactive ketones (excluding diaryl/α,β-unsaturated/α-hetero) is 1. The van der Waals surface area contributed by atoms with Gasteiger partial charge in [0.1, 0.15) is 5.78 Å². The molecule has 0 radical (unpaired) electrons. The Morgan fingerprint density at radius 3 is 1.22 bits per heavy atom. The number of rotatable bonds is 18. The smallest absolute Gasteiger partial charge is 0.253 e. The summed E-state index contributed by atoms with van der Waals surface area (Å²) in [7, 11) is 0. The van der Waals surface area contributed by atoms with Crippen LogP contribution in [0.5, 0.6) is 0 Å². The highest BCUT2D eigenvalue weighted by Crippen LogP contribution is 2.12. The zero-order chi connectivity index (χ0) is 30.4. The van der Waals surface area contributed by atoms with Crippen LogP contribution in [0.25, 0.3) is 0 Å². The molecular formula is C26H34N6O9. The molecule has 2 aliphatic heterocycles. The van der Waals surface area contributed by atoms with Crippen molar-refractivity contribution in [3.8, 4) is 0 Å². The van der Waals surface area contributed by atoms with Gasteiger partial charge in [0, 0.05) is 102 Å². The van der Waals surface area contributed by atoms with Crippen LogP contribution in [0, 0.1) is 5.92 Å². The van der Waals surface area contributed by atoms with E-state index in [9.17, 15) is 43.2 Å². The zero-order valence-electron chi connectivity index (χ0n) is 22.7. The fraction of sp³-hybridized carbons (Fsp3) is 0.500. The summed E-state index contributed by atoms with van der Waals surface area (Å²) in [5.74, 6) is -4.80. The van der Waals surface area contributed by atoms with Crippen molar-refractivity contribution in [2.75, 3.05) is 39.3 Å². The van der Waals surface area contributed by atoms with Gasteiger partial charge in [-0.05, 0) is 0 Å². The monoisotopic (exact) mass is 574 g/mol. The second kappa shape index (κ2) is 16.4. The average molecular weight is 575 g/mol. The third-order valence-electron chi connectivity index (χ3n) is 6.13. The maximum atomic E-state index is 12.3. The standard InChI is InChI=1S/C26H34N6O9/c1-2-18(33)17(15-21(36)29-11-9-27-19(34)7-13-31-23(38)3-4-24(31)39)16-22(37)30-12-10-28-20(35)8-14-32-25(40)5-6-26(32)41/h3-6,17H,2,7-16H2,1H3,(H,27,34)(H,28,35)(H,29,36)(H,30,37). The van der Waals surface area contributed by atoms with E-state index in [1.165, 1.54) is 0 Å². The Morgan fingerprint density at radius 1 is 0.585 bits per heavy atom.